The van der Waals surface area contributed by atoms with E-state index in [-0.39, 0.29) is 22.4 Å². The molecule has 0 aliphatic heterocycles. The van der Waals surface area contributed by atoms with Gasteiger partial charge in [-0.2, -0.15) is 0 Å². The molecule has 0 atom stereocenters. The Balaban J connectivity index is 0.00000144. The van der Waals surface area contributed by atoms with E-state index in [0.717, 1.165) is 0 Å². The van der Waals surface area contributed by atoms with E-state index < -0.39 is 0 Å². The minimum absolute atomic E-state index is 0. The summed E-state index contributed by atoms with van der Waals surface area (Å²) >= 11 is 0.355. The van der Waals surface area contributed by atoms with Gasteiger partial charge in [0.05, 0.1) is 0 Å². The summed E-state index contributed by atoms with van der Waals surface area (Å²) in [5, 5.41) is 5.29. The van der Waals surface area contributed by atoms with Crippen molar-refractivity contribution < 1.29 is 22.4 Å². The summed E-state index contributed by atoms with van der Waals surface area (Å²) in [5.74, 6) is 0. The molecule has 111 valence electrons. The molecule has 0 aliphatic carbocycles. The van der Waals surface area contributed by atoms with E-state index in [1.807, 2.05) is 0 Å². The van der Waals surface area contributed by atoms with Crippen molar-refractivity contribution in [3.8, 4) is 0 Å². The van der Waals surface area contributed by atoms with Crippen LogP contribution in [-0.4, -0.2) is 15.0 Å². The molecule has 0 aliphatic rings. The van der Waals surface area contributed by atoms with Gasteiger partial charge in [-0.15, -0.1) is 0 Å². The van der Waals surface area contributed by atoms with Gasteiger partial charge in [0.2, 0.25) is 0 Å². The second-order valence-electron chi connectivity index (χ2n) is 5.12. The first-order valence-corrected chi connectivity index (χ1v) is 8.75. The fourth-order valence-electron chi connectivity index (χ4n) is 2.60. The molecule has 1 radical (unpaired) electrons. The van der Waals surface area contributed by atoms with Crippen molar-refractivity contribution in [1.82, 2.24) is 0 Å². The van der Waals surface area contributed by atoms with Crippen LogP contribution in [0.5, 0.6) is 0 Å². The zero-order chi connectivity index (χ0) is 14.1. The van der Waals surface area contributed by atoms with E-state index in [2.05, 4.69) is 84.9 Å². The average molecular weight is 441 g/mol. The van der Waals surface area contributed by atoms with Crippen LogP contribution in [0.3, 0.4) is 0 Å². The Kier molecular flexibility index (Phi) is 4.83. The zero-order valence-corrected chi connectivity index (χ0v) is 15.0. The summed E-state index contributed by atoms with van der Waals surface area (Å²) < 4.78 is 2.85. The molecular weight excluding hydrogens is 427 g/mol. The summed E-state index contributed by atoms with van der Waals surface area (Å²) in [6.45, 7) is 0. The first-order chi connectivity index (χ1) is 10.4. The van der Waals surface area contributed by atoms with Crippen LogP contribution in [0, 0.1) is 0 Å². The molecule has 0 unspecified atom stereocenters. The van der Waals surface area contributed by atoms with Gasteiger partial charge in [-0.05, 0) is 0 Å². The normalized spacial score (nSPS) is 10.5. The van der Waals surface area contributed by atoms with E-state index in [1.165, 1.54) is 30.5 Å². The SMILES string of the molecule is [Ag].c1ccc2cc([Se]c3ccc4ccccc4c3)ccc2c1. The molecule has 0 spiro atoms. The van der Waals surface area contributed by atoms with E-state index >= 15 is 0 Å². The van der Waals surface area contributed by atoms with Crippen molar-refractivity contribution in [3.05, 3.63) is 84.9 Å². The molecular formula is C20H14AgSe. The first-order valence-electron chi connectivity index (χ1n) is 7.04. The molecule has 0 aromatic heterocycles. The molecule has 2 heteroatoms. The maximum absolute atomic E-state index is 2.32. The summed E-state index contributed by atoms with van der Waals surface area (Å²) in [6.07, 6.45) is 0. The third kappa shape index (κ3) is 3.20. The van der Waals surface area contributed by atoms with Gasteiger partial charge in [-0.1, -0.05) is 0 Å². The Morgan fingerprint density at radius 2 is 0.864 bits per heavy atom. The molecule has 0 amide bonds. The third-order valence-corrected chi connectivity index (χ3v) is 5.73. The number of fused-ring (bicyclic) bond motifs is 2. The van der Waals surface area contributed by atoms with Crippen LogP contribution in [0.1, 0.15) is 0 Å². The Morgan fingerprint density at radius 1 is 0.455 bits per heavy atom. The predicted octanol–water partition coefficient (Wildman–Crippen LogP) is 3.65. The van der Waals surface area contributed by atoms with Gasteiger partial charge in [0.1, 0.15) is 0 Å². The van der Waals surface area contributed by atoms with E-state index in [1.54, 1.807) is 0 Å². The van der Waals surface area contributed by atoms with E-state index in [9.17, 15) is 0 Å². The third-order valence-electron chi connectivity index (χ3n) is 3.68. The molecule has 22 heavy (non-hydrogen) atoms. The molecule has 0 fully saturated rings. The molecule has 0 heterocycles. The minimum atomic E-state index is 0. The topological polar surface area (TPSA) is 0 Å². The van der Waals surface area contributed by atoms with Crippen molar-refractivity contribution >= 4 is 45.4 Å². The molecule has 4 aromatic carbocycles. The van der Waals surface area contributed by atoms with Crippen LogP contribution in [0.2, 0.25) is 0 Å². The molecule has 0 nitrogen and oxygen atoms in total. The van der Waals surface area contributed by atoms with Gasteiger partial charge in [-0.25, -0.2) is 0 Å². The number of hydrogen-bond donors (Lipinski definition) is 0. The van der Waals surface area contributed by atoms with Crippen LogP contribution in [-0.2, 0) is 22.4 Å². The van der Waals surface area contributed by atoms with Crippen molar-refractivity contribution in [2.45, 2.75) is 0 Å². The van der Waals surface area contributed by atoms with Crippen molar-refractivity contribution in [2.24, 2.45) is 0 Å². The summed E-state index contributed by atoms with van der Waals surface area (Å²) in [4.78, 5) is 0. The predicted molar refractivity (Wildman–Crippen MR) is 92.9 cm³/mol. The molecule has 0 N–H and O–H groups in total. The molecule has 0 saturated heterocycles. The fourth-order valence-corrected chi connectivity index (χ4v) is 4.52. The number of hydrogen-bond acceptors (Lipinski definition) is 0. The van der Waals surface area contributed by atoms with E-state index in [4.69, 9.17) is 0 Å². The molecule has 0 bridgehead atoms. The summed E-state index contributed by atoms with van der Waals surface area (Å²) in [6, 6.07) is 30.7. The van der Waals surface area contributed by atoms with Gasteiger partial charge < -0.3 is 0 Å². The van der Waals surface area contributed by atoms with Crippen LogP contribution >= 0.6 is 0 Å². The Morgan fingerprint density at radius 3 is 1.32 bits per heavy atom. The van der Waals surface area contributed by atoms with Crippen molar-refractivity contribution in [2.75, 3.05) is 0 Å². The summed E-state index contributed by atoms with van der Waals surface area (Å²) in [7, 11) is 0. The Hall–Kier alpha value is -1.34. The molecule has 4 rings (SSSR count). The van der Waals surface area contributed by atoms with Crippen LogP contribution in [0.25, 0.3) is 21.5 Å². The molecule has 4 aromatic rings. The quantitative estimate of drug-likeness (QED) is 0.417. The number of benzene rings is 4. The van der Waals surface area contributed by atoms with E-state index in [0.29, 0.717) is 15.0 Å². The summed E-state index contributed by atoms with van der Waals surface area (Å²) in [5.41, 5.74) is 0. The van der Waals surface area contributed by atoms with Crippen LogP contribution < -0.4 is 8.92 Å². The zero-order valence-electron chi connectivity index (χ0n) is 11.8. The fraction of sp³-hybridized carbons (Fsp3) is 0. The standard InChI is InChI=1S/C20H14Se.Ag/c1-3-7-17-13-19(11-9-15(17)5-1)21-20-12-10-16-6-2-4-8-18(16)14-20;/h1-14H;. The van der Waals surface area contributed by atoms with Gasteiger partial charge >= 0.3 is 130 Å². The second kappa shape index (κ2) is 6.83. The first kappa shape index (κ1) is 15.6. The van der Waals surface area contributed by atoms with Gasteiger partial charge in [-0.3, -0.25) is 0 Å². The Labute approximate surface area is 152 Å². The number of rotatable bonds is 2. The monoisotopic (exact) mass is 441 g/mol. The second-order valence-corrected chi connectivity index (χ2v) is 7.53. The van der Waals surface area contributed by atoms with Gasteiger partial charge in [0, 0.05) is 22.4 Å². The maximum atomic E-state index is 2.32. The van der Waals surface area contributed by atoms with Crippen LogP contribution in [0.15, 0.2) is 84.9 Å². The van der Waals surface area contributed by atoms with Gasteiger partial charge in [0.25, 0.3) is 0 Å². The molecule has 0 saturated carbocycles. The van der Waals surface area contributed by atoms with Crippen molar-refractivity contribution in [3.63, 3.8) is 0 Å². The van der Waals surface area contributed by atoms with Crippen molar-refractivity contribution in [1.29, 1.82) is 0 Å². The van der Waals surface area contributed by atoms with Crippen LogP contribution in [0.4, 0.5) is 0 Å². The van der Waals surface area contributed by atoms with Gasteiger partial charge in [0.15, 0.2) is 0 Å². The Bertz CT molecular complexity index is 853. The average Bonchev–Trinajstić information content (AvgIpc) is 2.55.